The van der Waals surface area contributed by atoms with E-state index in [1.807, 2.05) is 0 Å². The van der Waals surface area contributed by atoms with Crippen molar-refractivity contribution in [1.29, 1.82) is 0 Å². The molecule has 3 atom stereocenters. The van der Waals surface area contributed by atoms with Gasteiger partial charge in [-0.25, -0.2) is 0 Å². The van der Waals surface area contributed by atoms with Crippen molar-refractivity contribution in [3.05, 3.63) is 24.3 Å². The van der Waals surface area contributed by atoms with Gasteiger partial charge in [0.25, 0.3) is 0 Å². The Morgan fingerprint density at radius 1 is 0.611 bits per heavy atom. The summed E-state index contributed by atoms with van der Waals surface area (Å²) in [4.78, 5) is 2.20. The molecule has 0 aromatic carbocycles. The van der Waals surface area contributed by atoms with Crippen molar-refractivity contribution < 1.29 is 9.47 Å². The lowest BCUT2D eigenvalue weighted by molar-refractivity contribution is -0.173. The molecule has 0 heterocycles. The van der Waals surface area contributed by atoms with Crippen LogP contribution in [0.5, 0.6) is 0 Å². The zero-order chi connectivity index (χ0) is 26.9. The van der Waals surface area contributed by atoms with E-state index in [1.165, 1.54) is 83.5 Å². The molecule has 0 aliphatic heterocycles. The van der Waals surface area contributed by atoms with Crippen LogP contribution in [0.25, 0.3) is 0 Å². The average Bonchev–Trinajstić information content (AvgIpc) is 2.84. The number of ether oxygens (including phenoxy) is 2. The summed E-state index contributed by atoms with van der Waals surface area (Å²) in [6.07, 6.45) is 29.6. The Morgan fingerprint density at radius 2 is 1.19 bits per heavy atom. The first-order valence-electron chi connectivity index (χ1n) is 15.6. The van der Waals surface area contributed by atoms with Gasteiger partial charge in [-0.2, -0.15) is 0 Å². The molecule has 0 N–H and O–H groups in total. The molecular weight excluding hydrogens is 442 g/mol. The van der Waals surface area contributed by atoms with Crippen LogP contribution in [0.3, 0.4) is 0 Å². The van der Waals surface area contributed by atoms with Crippen molar-refractivity contribution >= 4 is 0 Å². The van der Waals surface area contributed by atoms with Crippen molar-refractivity contribution in [2.24, 2.45) is 11.8 Å². The lowest BCUT2D eigenvalue weighted by Gasteiger charge is -2.29. The minimum atomic E-state index is -0.124. The van der Waals surface area contributed by atoms with Gasteiger partial charge in [0.1, 0.15) is 0 Å². The first kappa shape index (κ1) is 35.4. The van der Waals surface area contributed by atoms with Gasteiger partial charge in [0.05, 0.1) is 12.6 Å². The Hall–Kier alpha value is -0.640. The van der Waals surface area contributed by atoms with Crippen LogP contribution in [0.1, 0.15) is 137 Å². The number of hydrogen-bond donors (Lipinski definition) is 0. The van der Waals surface area contributed by atoms with E-state index in [1.54, 1.807) is 0 Å². The zero-order valence-electron chi connectivity index (χ0n) is 25.6. The van der Waals surface area contributed by atoms with Crippen molar-refractivity contribution in [2.45, 2.75) is 150 Å². The van der Waals surface area contributed by atoms with Crippen LogP contribution in [-0.4, -0.2) is 44.5 Å². The fourth-order valence-electron chi connectivity index (χ4n) is 4.26. The minimum absolute atomic E-state index is 0.124. The largest absolute Gasteiger partial charge is 0.351 e. The topological polar surface area (TPSA) is 21.7 Å². The highest BCUT2D eigenvalue weighted by atomic mass is 16.7. The van der Waals surface area contributed by atoms with Gasteiger partial charge in [-0.15, -0.1) is 0 Å². The van der Waals surface area contributed by atoms with E-state index >= 15 is 0 Å². The van der Waals surface area contributed by atoms with Crippen LogP contribution in [-0.2, 0) is 9.47 Å². The molecule has 0 aliphatic rings. The van der Waals surface area contributed by atoms with Crippen LogP contribution in [0, 0.1) is 11.8 Å². The molecule has 0 spiro atoms. The summed E-state index contributed by atoms with van der Waals surface area (Å²) < 4.78 is 12.4. The summed E-state index contributed by atoms with van der Waals surface area (Å²) >= 11 is 0. The average molecular weight is 508 g/mol. The number of allylic oxidation sites excluding steroid dienone is 4. The van der Waals surface area contributed by atoms with Gasteiger partial charge in [0.15, 0.2) is 6.29 Å². The van der Waals surface area contributed by atoms with Crippen molar-refractivity contribution in [1.82, 2.24) is 4.90 Å². The van der Waals surface area contributed by atoms with Gasteiger partial charge in [0.2, 0.25) is 0 Å². The third kappa shape index (κ3) is 23.7. The monoisotopic (exact) mass is 508 g/mol. The predicted octanol–water partition coefficient (Wildman–Crippen LogP) is 9.96. The molecule has 0 rings (SSSR count). The van der Waals surface area contributed by atoms with E-state index in [-0.39, 0.29) is 12.3 Å². The second kappa shape index (κ2) is 26.0. The maximum absolute atomic E-state index is 6.22. The van der Waals surface area contributed by atoms with Gasteiger partial charge in [-0.3, -0.25) is 0 Å². The molecule has 0 bridgehead atoms. The van der Waals surface area contributed by atoms with Crippen molar-refractivity contribution in [2.75, 3.05) is 27.3 Å². The molecule has 0 fully saturated rings. The second-order valence-corrected chi connectivity index (χ2v) is 11.6. The van der Waals surface area contributed by atoms with Gasteiger partial charge in [0, 0.05) is 6.61 Å². The molecular formula is C33H65NO2. The second-order valence-electron chi connectivity index (χ2n) is 11.6. The first-order valence-corrected chi connectivity index (χ1v) is 15.6. The molecule has 0 saturated carbocycles. The number of rotatable bonds is 26. The molecule has 3 heteroatoms. The van der Waals surface area contributed by atoms with E-state index in [4.69, 9.17) is 9.47 Å². The number of likely N-dealkylation sites (N-methyl/N-ethyl adjacent to an activating group) is 1. The third-order valence-corrected chi connectivity index (χ3v) is 7.21. The molecule has 0 aromatic rings. The Labute approximate surface area is 227 Å². The molecule has 0 aromatic heterocycles. The first-order chi connectivity index (χ1) is 17.4. The highest BCUT2D eigenvalue weighted by Gasteiger charge is 2.20. The van der Waals surface area contributed by atoms with E-state index in [2.05, 4.69) is 77.9 Å². The van der Waals surface area contributed by atoms with Gasteiger partial charge in [-0.05, 0) is 77.8 Å². The Kier molecular flexibility index (Phi) is 25.5. The number of unbranched alkanes of at least 4 members (excludes halogenated alkanes) is 9. The van der Waals surface area contributed by atoms with Crippen LogP contribution in [0.2, 0.25) is 0 Å². The van der Waals surface area contributed by atoms with Crippen molar-refractivity contribution in [3.8, 4) is 0 Å². The maximum Gasteiger partial charge on any atom is 0.172 e. The van der Waals surface area contributed by atoms with Gasteiger partial charge >= 0.3 is 0 Å². The molecule has 36 heavy (non-hydrogen) atoms. The quantitative estimate of drug-likeness (QED) is 0.0660. The Bertz CT molecular complexity index is 500. The van der Waals surface area contributed by atoms with Crippen LogP contribution in [0.4, 0.5) is 0 Å². The van der Waals surface area contributed by atoms with Crippen molar-refractivity contribution in [3.63, 3.8) is 0 Å². The molecule has 2 unspecified atom stereocenters. The fraction of sp³-hybridized carbons (Fsp3) is 0.879. The van der Waals surface area contributed by atoms with Gasteiger partial charge in [-0.1, -0.05) is 110 Å². The smallest absolute Gasteiger partial charge is 0.172 e. The van der Waals surface area contributed by atoms with Gasteiger partial charge < -0.3 is 14.4 Å². The fourth-order valence-corrected chi connectivity index (χ4v) is 4.26. The van der Waals surface area contributed by atoms with Crippen LogP contribution >= 0.6 is 0 Å². The molecule has 3 nitrogen and oxygen atoms in total. The van der Waals surface area contributed by atoms with E-state index in [9.17, 15) is 0 Å². The summed E-state index contributed by atoms with van der Waals surface area (Å²) in [5.41, 5.74) is 0. The summed E-state index contributed by atoms with van der Waals surface area (Å²) in [5.74, 6) is 1.54. The zero-order valence-corrected chi connectivity index (χ0v) is 25.6. The standard InChI is InChI=1S/C33H65NO2/c1-8-9-10-11-12-13-14-15-16-17-18-19-20-21-22-23-28-35-33(32(5)34(6)7)36-29-27-31(4)26-24-25-30(2)3/h12-13,15-16,30-33H,8-11,14,17-29H2,1-7H3/b13-12-,16-15-/t31?,32-,33?/m1/s1. The lowest BCUT2D eigenvalue weighted by Crippen LogP contribution is -2.40. The molecule has 214 valence electrons. The third-order valence-electron chi connectivity index (χ3n) is 7.21. The molecule has 0 radical (unpaired) electrons. The number of nitrogens with zero attached hydrogens (tertiary/aromatic N) is 1. The van der Waals surface area contributed by atoms with E-state index in [0.717, 1.165) is 44.3 Å². The van der Waals surface area contributed by atoms with Crippen LogP contribution in [0.15, 0.2) is 24.3 Å². The summed E-state index contributed by atoms with van der Waals surface area (Å²) in [7, 11) is 4.22. The minimum Gasteiger partial charge on any atom is -0.351 e. The Balaban J connectivity index is 3.81. The molecule has 0 amide bonds. The summed E-state index contributed by atoms with van der Waals surface area (Å²) in [6.45, 7) is 13.1. The number of hydrogen-bond acceptors (Lipinski definition) is 3. The summed E-state index contributed by atoms with van der Waals surface area (Å²) in [6, 6.07) is 0.269. The predicted molar refractivity (Wildman–Crippen MR) is 161 cm³/mol. The lowest BCUT2D eigenvalue weighted by atomic mass is 9.98. The highest BCUT2D eigenvalue weighted by molar-refractivity contribution is 4.92. The maximum atomic E-state index is 6.22. The van der Waals surface area contributed by atoms with Crippen LogP contribution < -0.4 is 0 Å². The normalized spacial score (nSPS) is 15.0. The highest BCUT2D eigenvalue weighted by Crippen LogP contribution is 2.17. The summed E-state index contributed by atoms with van der Waals surface area (Å²) in [5, 5.41) is 0. The Morgan fingerprint density at radius 3 is 1.81 bits per heavy atom. The molecule has 0 saturated heterocycles. The SMILES string of the molecule is CCCCC/C=C\C/C=C\CCCCCCCCOC(OCCC(C)CCCC(C)C)[C@@H](C)N(C)C. The molecule has 0 aliphatic carbocycles. The van der Waals surface area contributed by atoms with E-state index < -0.39 is 0 Å². The van der Waals surface area contributed by atoms with E-state index in [0.29, 0.717) is 0 Å².